The Kier molecular flexibility index (Phi) is 5.32. The van der Waals surface area contributed by atoms with Crippen LogP contribution in [0.1, 0.15) is 38.2 Å². The number of ether oxygens (including phenoxy) is 1. The van der Waals surface area contributed by atoms with Gasteiger partial charge in [0.1, 0.15) is 11.5 Å². The lowest BCUT2D eigenvalue weighted by Crippen LogP contribution is -2.26. The van der Waals surface area contributed by atoms with Crippen molar-refractivity contribution in [1.29, 1.82) is 0 Å². The van der Waals surface area contributed by atoms with E-state index in [0.29, 0.717) is 12.3 Å². The number of carbonyl (C=O) groups is 2. The Morgan fingerprint density at radius 2 is 2.14 bits per heavy atom. The maximum atomic E-state index is 12.2. The molecule has 1 aromatic rings. The fourth-order valence-corrected chi connectivity index (χ4v) is 2.58. The molecule has 0 aromatic heterocycles. The van der Waals surface area contributed by atoms with Gasteiger partial charge in [-0.3, -0.25) is 9.59 Å². The van der Waals surface area contributed by atoms with Crippen molar-refractivity contribution in [3.63, 3.8) is 0 Å². The first-order valence-corrected chi connectivity index (χ1v) is 7.46. The van der Waals surface area contributed by atoms with Gasteiger partial charge in [0.25, 0.3) is 0 Å². The summed E-state index contributed by atoms with van der Waals surface area (Å²) in [7, 11) is 1.61. The highest BCUT2D eigenvalue weighted by molar-refractivity contribution is 6.08. The Bertz CT molecular complexity index is 541. The SMILES string of the molecule is COc1cccc(C=CC(=O)C(CC2CCC2)C(C)=O)c1. The molecule has 21 heavy (non-hydrogen) atoms. The lowest BCUT2D eigenvalue weighted by molar-refractivity contribution is -0.129. The van der Waals surface area contributed by atoms with Crippen molar-refractivity contribution in [3.05, 3.63) is 35.9 Å². The second-order valence-electron chi connectivity index (χ2n) is 5.71. The van der Waals surface area contributed by atoms with Gasteiger partial charge in [-0.25, -0.2) is 0 Å². The fraction of sp³-hybridized carbons (Fsp3) is 0.444. The summed E-state index contributed by atoms with van der Waals surface area (Å²) >= 11 is 0. The van der Waals surface area contributed by atoms with Crippen LogP contribution in [0.2, 0.25) is 0 Å². The van der Waals surface area contributed by atoms with E-state index >= 15 is 0 Å². The van der Waals surface area contributed by atoms with E-state index in [2.05, 4.69) is 0 Å². The molecule has 0 heterocycles. The van der Waals surface area contributed by atoms with Crippen LogP contribution in [0.15, 0.2) is 30.3 Å². The van der Waals surface area contributed by atoms with Crippen molar-refractivity contribution in [3.8, 4) is 5.75 Å². The number of allylic oxidation sites excluding steroid dienone is 1. The smallest absolute Gasteiger partial charge is 0.166 e. The zero-order valence-electron chi connectivity index (χ0n) is 12.7. The minimum Gasteiger partial charge on any atom is -0.497 e. The van der Waals surface area contributed by atoms with Crippen LogP contribution in [0.25, 0.3) is 6.08 Å². The first kappa shape index (κ1) is 15.5. The molecule has 0 aliphatic heterocycles. The van der Waals surface area contributed by atoms with Gasteiger partial charge in [0.2, 0.25) is 0 Å². The molecule has 0 saturated heterocycles. The minimum atomic E-state index is -0.475. The van der Waals surface area contributed by atoms with E-state index in [1.165, 1.54) is 19.4 Å². The predicted octanol–water partition coefficient (Wildman–Crippen LogP) is 3.67. The van der Waals surface area contributed by atoms with Gasteiger partial charge in [-0.2, -0.15) is 0 Å². The van der Waals surface area contributed by atoms with Crippen LogP contribution in [0.4, 0.5) is 0 Å². The summed E-state index contributed by atoms with van der Waals surface area (Å²) < 4.78 is 5.15. The third-order valence-electron chi connectivity index (χ3n) is 4.16. The average molecular weight is 286 g/mol. The van der Waals surface area contributed by atoms with Crippen LogP contribution < -0.4 is 4.74 Å². The summed E-state index contributed by atoms with van der Waals surface area (Å²) in [6.45, 7) is 1.51. The van der Waals surface area contributed by atoms with Gasteiger partial charge in [0.15, 0.2) is 5.78 Å². The molecule has 2 rings (SSSR count). The summed E-state index contributed by atoms with van der Waals surface area (Å²) in [6, 6.07) is 7.49. The van der Waals surface area contributed by atoms with E-state index in [4.69, 9.17) is 4.74 Å². The summed E-state index contributed by atoms with van der Waals surface area (Å²) in [5.74, 6) is 0.715. The molecular formula is C18H22O3. The number of benzene rings is 1. The summed E-state index contributed by atoms with van der Waals surface area (Å²) in [5, 5.41) is 0. The van der Waals surface area contributed by atoms with E-state index < -0.39 is 5.92 Å². The van der Waals surface area contributed by atoms with E-state index in [9.17, 15) is 9.59 Å². The van der Waals surface area contributed by atoms with Crippen LogP contribution in [0, 0.1) is 11.8 Å². The van der Waals surface area contributed by atoms with Gasteiger partial charge in [0.05, 0.1) is 13.0 Å². The van der Waals surface area contributed by atoms with Crippen molar-refractivity contribution >= 4 is 17.6 Å². The quantitative estimate of drug-likeness (QED) is 0.567. The Morgan fingerprint density at radius 3 is 2.71 bits per heavy atom. The Hall–Kier alpha value is -1.90. The topological polar surface area (TPSA) is 43.4 Å². The monoisotopic (exact) mass is 286 g/mol. The molecule has 0 spiro atoms. The van der Waals surface area contributed by atoms with E-state index in [1.807, 2.05) is 24.3 Å². The number of hydrogen-bond acceptors (Lipinski definition) is 3. The number of carbonyl (C=O) groups excluding carboxylic acids is 2. The number of hydrogen-bond donors (Lipinski definition) is 0. The molecular weight excluding hydrogens is 264 g/mol. The normalized spacial score (nSPS) is 16.5. The number of rotatable bonds is 7. The zero-order valence-corrected chi connectivity index (χ0v) is 12.7. The van der Waals surface area contributed by atoms with Crippen molar-refractivity contribution < 1.29 is 14.3 Å². The molecule has 0 amide bonds. The van der Waals surface area contributed by atoms with Crippen LogP contribution in [-0.4, -0.2) is 18.7 Å². The minimum absolute atomic E-state index is 0.0257. The molecule has 3 heteroatoms. The van der Waals surface area contributed by atoms with Gasteiger partial charge < -0.3 is 4.74 Å². The first-order valence-electron chi connectivity index (χ1n) is 7.46. The standard InChI is InChI=1S/C18H22O3/c1-13(19)17(12-14-5-3-6-14)18(20)10-9-15-7-4-8-16(11-15)21-2/h4,7-11,14,17H,3,5-6,12H2,1-2H3. The van der Waals surface area contributed by atoms with Gasteiger partial charge in [-0.15, -0.1) is 0 Å². The van der Waals surface area contributed by atoms with Crippen LogP contribution in [0.5, 0.6) is 5.75 Å². The lowest BCUT2D eigenvalue weighted by atomic mass is 9.77. The molecule has 0 radical (unpaired) electrons. The lowest BCUT2D eigenvalue weighted by Gasteiger charge is -2.27. The molecule has 1 aliphatic rings. The summed E-state index contributed by atoms with van der Waals surface area (Å²) in [6.07, 6.45) is 7.51. The van der Waals surface area contributed by atoms with E-state index in [0.717, 1.165) is 24.2 Å². The van der Waals surface area contributed by atoms with E-state index in [-0.39, 0.29) is 11.6 Å². The highest BCUT2D eigenvalue weighted by Gasteiger charge is 2.28. The maximum absolute atomic E-state index is 12.2. The Balaban J connectivity index is 2.02. The molecule has 1 unspecified atom stereocenters. The number of methoxy groups -OCH3 is 1. The van der Waals surface area contributed by atoms with Gasteiger partial charge >= 0.3 is 0 Å². The molecule has 1 aromatic carbocycles. The van der Waals surface area contributed by atoms with Crippen molar-refractivity contribution in [1.82, 2.24) is 0 Å². The first-order chi connectivity index (χ1) is 10.1. The largest absolute Gasteiger partial charge is 0.497 e. The van der Waals surface area contributed by atoms with Crippen molar-refractivity contribution in [2.24, 2.45) is 11.8 Å². The molecule has 0 N–H and O–H groups in total. The van der Waals surface area contributed by atoms with Gasteiger partial charge in [0, 0.05) is 0 Å². The molecule has 112 valence electrons. The molecule has 3 nitrogen and oxygen atoms in total. The molecule has 1 saturated carbocycles. The van der Waals surface area contributed by atoms with Crippen LogP contribution in [-0.2, 0) is 9.59 Å². The highest BCUT2D eigenvalue weighted by atomic mass is 16.5. The zero-order chi connectivity index (χ0) is 15.2. The Morgan fingerprint density at radius 1 is 1.38 bits per heavy atom. The Labute approximate surface area is 126 Å². The van der Waals surface area contributed by atoms with E-state index in [1.54, 1.807) is 13.2 Å². The molecule has 1 atom stereocenters. The molecule has 1 fully saturated rings. The fourth-order valence-electron chi connectivity index (χ4n) is 2.58. The second kappa shape index (κ2) is 7.21. The summed E-state index contributed by atoms with van der Waals surface area (Å²) in [4.78, 5) is 23.9. The van der Waals surface area contributed by atoms with Crippen molar-refractivity contribution in [2.45, 2.75) is 32.6 Å². The van der Waals surface area contributed by atoms with Crippen LogP contribution >= 0.6 is 0 Å². The third-order valence-corrected chi connectivity index (χ3v) is 4.16. The number of Topliss-reactive ketones (excluding diaryl/α,β-unsaturated/α-hetero) is 1. The average Bonchev–Trinajstić information content (AvgIpc) is 2.43. The second-order valence-corrected chi connectivity index (χ2v) is 5.71. The van der Waals surface area contributed by atoms with Gasteiger partial charge in [-0.05, 0) is 43.0 Å². The van der Waals surface area contributed by atoms with Crippen molar-refractivity contribution in [2.75, 3.05) is 7.11 Å². The maximum Gasteiger partial charge on any atom is 0.166 e. The summed E-state index contributed by atoms with van der Waals surface area (Å²) in [5.41, 5.74) is 0.897. The van der Waals surface area contributed by atoms with Gasteiger partial charge in [-0.1, -0.05) is 37.5 Å². The third kappa shape index (κ3) is 4.28. The number of ketones is 2. The predicted molar refractivity (Wildman–Crippen MR) is 83.2 cm³/mol. The molecule has 1 aliphatic carbocycles. The highest BCUT2D eigenvalue weighted by Crippen LogP contribution is 2.33. The molecule has 0 bridgehead atoms. The van der Waals surface area contributed by atoms with Crippen LogP contribution in [0.3, 0.4) is 0 Å².